The molecule has 0 unspecified atom stereocenters. The maximum absolute atomic E-state index is 13.9. The maximum atomic E-state index is 13.9. The van der Waals surface area contributed by atoms with Gasteiger partial charge >= 0.3 is 0 Å². The van der Waals surface area contributed by atoms with E-state index in [4.69, 9.17) is 10.00 Å². The van der Waals surface area contributed by atoms with Crippen molar-refractivity contribution in [2.45, 2.75) is 13.0 Å². The summed E-state index contributed by atoms with van der Waals surface area (Å²) in [5.74, 6) is 0.419. The van der Waals surface area contributed by atoms with E-state index >= 15 is 0 Å². The summed E-state index contributed by atoms with van der Waals surface area (Å²) in [4.78, 5) is 0. The van der Waals surface area contributed by atoms with Crippen LogP contribution in [0.25, 0.3) is 11.1 Å². The van der Waals surface area contributed by atoms with E-state index in [1.165, 1.54) is 6.07 Å². The number of nitriles is 1. The second-order valence-corrected chi connectivity index (χ2v) is 5.44. The van der Waals surface area contributed by atoms with Gasteiger partial charge < -0.3 is 4.74 Å². The normalized spacial score (nSPS) is 10.2. The van der Waals surface area contributed by atoms with Gasteiger partial charge in [-0.15, -0.1) is 0 Å². The van der Waals surface area contributed by atoms with E-state index in [2.05, 4.69) is 0 Å². The third kappa shape index (κ3) is 3.80. The number of ether oxygens (including phenoxy) is 1. The zero-order valence-corrected chi connectivity index (χ0v) is 13.1. The molecule has 3 rings (SSSR count). The quantitative estimate of drug-likeness (QED) is 0.653. The lowest BCUT2D eigenvalue weighted by Crippen LogP contribution is -1.94. The number of halogens is 1. The average Bonchev–Trinajstić information content (AvgIpc) is 2.63. The van der Waals surface area contributed by atoms with E-state index < -0.39 is 0 Å². The van der Waals surface area contributed by atoms with Crippen molar-refractivity contribution >= 4 is 0 Å². The van der Waals surface area contributed by atoms with Crippen LogP contribution in [-0.2, 0) is 13.0 Å². The first-order chi connectivity index (χ1) is 11.8. The monoisotopic (exact) mass is 317 g/mol. The molecule has 0 radical (unpaired) electrons. The lowest BCUT2D eigenvalue weighted by Gasteiger charge is -2.08. The lowest BCUT2D eigenvalue weighted by molar-refractivity contribution is 0.306. The highest BCUT2D eigenvalue weighted by molar-refractivity contribution is 5.64. The van der Waals surface area contributed by atoms with Crippen molar-refractivity contribution in [3.05, 3.63) is 89.7 Å². The average molecular weight is 317 g/mol. The smallest absolute Gasteiger partial charge is 0.128 e. The fraction of sp³-hybridized carbons (Fsp3) is 0.0952. The number of rotatable bonds is 5. The molecule has 0 spiro atoms. The largest absolute Gasteiger partial charge is 0.489 e. The molecule has 3 aromatic rings. The zero-order chi connectivity index (χ0) is 16.8. The molecule has 0 saturated carbocycles. The third-order valence-electron chi connectivity index (χ3n) is 3.76. The van der Waals surface area contributed by atoms with Gasteiger partial charge in [0.25, 0.3) is 0 Å². The molecule has 0 aliphatic carbocycles. The van der Waals surface area contributed by atoms with E-state index in [-0.39, 0.29) is 12.2 Å². The zero-order valence-electron chi connectivity index (χ0n) is 13.1. The SMILES string of the molecule is N#CCc1ccc(-c2ccc(OCc3ccccc3)cc2)cc1F. The predicted octanol–water partition coefficient (Wildman–Crippen LogP) is 5.14. The summed E-state index contributed by atoms with van der Waals surface area (Å²) >= 11 is 0. The molecule has 0 aliphatic heterocycles. The van der Waals surface area contributed by atoms with E-state index in [9.17, 15) is 4.39 Å². The van der Waals surface area contributed by atoms with Crippen molar-refractivity contribution in [2.75, 3.05) is 0 Å². The van der Waals surface area contributed by atoms with E-state index in [0.29, 0.717) is 12.2 Å². The summed E-state index contributed by atoms with van der Waals surface area (Å²) in [6.45, 7) is 0.512. The molecule has 0 fully saturated rings. The van der Waals surface area contributed by atoms with Crippen molar-refractivity contribution in [1.82, 2.24) is 0 Å². The van der Waals surface area contributed by atoms with Crippen LogP contribution >= 0.6 is 0 Å². The topological polar surface area (TPSA) is 33.0 Å². The molecule has 0 heterocycles. The summed E-state index contributed by atoms with van der Waals surface area (Å²) < 4.78 is 19.7. The Bertz CT molecular complexity index is 851. The Kier molecular flexibility index (Phi) is 4.88. The van der Waals surface area contributed by atoms with Crippen LogP contribution < -0.4 is 4.74 Å². The number of hydrogen-bond acceptors (Lipinski definition) is 2. The molecule has 3 heteroatoms. The minimum atomic E-state index is -0.349. The highest BCUT2D eigenvalue weighted by Gasteiger charge is 2.05. The Balaban J connectivity index is 1.70. The Morgan fingerprint density at radius 2 is 1.58 bits per heavy atom. The molecular formula is C21H16FNO. The molecule has 0 atom stereocenters. The van der Waals surface area contributed by atoms with Crippen LogP contribution in [0.3, 0.4) is 0 Å². The van der Waals surface area contributed by atoms with Gasteiger partial charge in [0.15, 0.2) is 0 Å². The third-order valence-corrected chi connectivity index (χ3v) is 3.76. The van der Waals surface area contributed by atoms with Gasteiger partial charge in [-0.3, -0.25) is 0 Å². The van der Waals surface area contributed by atoms with Crippen LogP contribution in [0.1, 0.15) is 11.1 Å². The molecule has 3 aromatic carbocycles. The standard InChI is InChI=1S/C21H16FNO/c22-21-14-19(7-6-18(21)12-13-23)17-8-10-20(11-9-17)24-15-16-4-2-1-3-5-16/h1-11,14H,12,15H2. The van der Waals surface area contributed by atoms with E-state index in [1.54, 1.807) is 6.07 Å². The number of benzene rings is 3. The molecule has 0 saturated heterocycles. The van der Waals surface area contributed by atoms with Gasteiger partial charge in [0.05, 0.1) is 12.5 Å². The van der Waals surface area contributed by atoms with Crippen LogP contribution in [-0.4, -0.2) is 0 Å². The second kappa shape index (κ2) is 7.43. The summed E-state index contributed by atoms with van der Waals surface area (Å²) in [7, 11) is 0. The molecular weight excluding hydrogens is 301 g/mol. The molecule has 0 amide bonds. The van der Waals surface area contributed by atoms with Crippen molar-refractivity contribution in [1.29, 1.82) is 5.26 Å². The number of nitrogens with zero attached hydrogens (tertiary/aromatic N) is 1. The van der Waals surface area contributed by atoms with Crippen molar-refractivity contribution in [2.24, 2.45) is 0 Å². The molecule has 2 nitrogen and oxygen atoms in total. The van der Waals surface area contributed by atoms with Gasteiger partial charge in [-0.05, 0) is 34.9 Å². The van der Waals surface area contributed by atoms with Crippen molar-refractivity contribution in [3.8, 4) is 22.9 Å². The summed E-state index contributed by atoms with van der Waals surface area (Å²) in [5, 5.41) is 8.66. The summed E-state index contributed by atoms with van der Waals surface area (Å²) in [5.41, 5.74) is 3.22. The molecule has 0 aromatic heterocycles. The van der Waals surface area contributed by atoms with Gasteiger partial charge in [0.2, 0.25) is 0 Å². The predicted molar refractivity (Wildman–Crippen MR) is 91.9 cm³/mol. The highest BCUT2D eigenvalue weighted by atomic mass is 19.1. The Hall–Kier alpha value is -3.12. The van der Waals surface area contributed by atoms with E-state index in [1.807, 2.05) is 66.7 Å². The van der Waals surface area contributed by atoms with Gasteiger partial charge in [-0.25, -0.2) is 4.39 Å². The minimum Gasteiger partial charge on any atom is -0.489 e. The molecule has 24 heavy (non-hydrogen) atoms. The van der Waals surface area contributed by atoms with Crippen LogP contribution in [0.15, 0.2) is 72.8 Å². The molecule has 0 N–H and O–H groups in total. The van der Waals surface area contributed by atoms with Crippen LogP contribution in [0, 0.1) is 17.1 Å². The van der Waals surface area contributed by atoms with Crippen LogP contribution in [0.4, 0.5) is 4.39 Å². The number of hydrogen-bond donors (Lipinski definition) is 0. The van der Waals surface area contributed by atoms with Crippen LogP contribution in [0.2, 0.25) is 0 Å². The Morgan fingerprint density at radius 3 is 2.25 bits per heavy atom. The van der Waals surface area contributed by atoms with Crippen molar-refractivity contribution in [3.63, 3.8) is 0 Å². The molecule has 118 valence electrons. The van der Waals surface area contributed by atoms with Crippen LogP contribution in [0.5, 0.6) is 5.75 Å². The van der Waals surface area contributed by atoms with Gasteiger partial charge in [0, 0.05) is 5.56 Å². The molecule has 0 aliphatic rings. The Morgan fingerprint density at radius 1 is 0.875 bits per heavy atom. The van der Waals surface area contributed by atoms with E-state index in [0.717, 1.165) is 22.4 Å². The fourth-order valence-electron chi connectivity index (χ4n) is 2.44. The maximum Gasteiger partial charge on any atom is 0.128 e. The Labute approximate surface area is 140 Å². The first kappa shape index (κ1) is 15.8. The summed E-state index contributed by atoms with van der Waals surface area (Å²) in [6.07, 6.45) is 0.0817. The lowest BCUT2D eigenvalue weighted by atomic mass is 10.0. The van der Waals surface area contributed by atoms with Crippen molar-refractivity contribution < 1.29 is 9.13 Å². The first-order valence-corrected chi connectivity index (χ1v) is 7.69. The second-order valence-electron chi connectivity index (χ2n) is 5.44. The molecule has 0 bridgehead atoms. The summed E-state index contributed by atoms with van der Waals surface area (Å²) in [6, 6.07) is 24.4. The first-order valence-electron chi connectivity index (χ1n) is 7.69. The van der Waals surface area contributed by atoms with Gasteiger partial charge in [0.1, 0.15) is 18.2 Å². The fourth-order valence-corrected chi connectivity index (χ4v) is 2.44. The highest BCUT2D eigenvalue weighted by Crippen LogP contribution is 2.25. The van der Waals surface area contributed by atoms with Gasteiger partial charge in [-0.2, -0.15) is 5.26 Å². The minimum absolute atomic E-state index is 0.0817. The van der Waals surface area contributed by atoms with Gasteiger partial charge in [-0.1, -0.05) is 54.6 Å².